The van der Waals surface area contributed by atoms with Crippen molar-refractivity contribution in [1.29, 1.82) is 0 Å². The van der Waals surface area contributed by atoms with Crippen molar-refractivity contribution in [3.63, 3.8) is 0 Å². The zero-order chi connectivity index (χ0) is 26.2. The third-order valence-corrected chi connectivity index (χ3v) is 8.10. The van der Waals surface area contributed by atoms with Gasteiger partial charge < -0.3 is 9.64 Å². The van der Waals surface area contributed by atoms with E-state index in [1.807, 2.05) is 42.2 Å². The van der Waals surface area contributed by atoms with Gasteiger partial charge in [0.1, 0.15) is 22.8 Å². The van der Waals surface area contributed by atoms with Gasteiger partial charge in [-0.2, -0.15) is 18.9 Å². The highest BCUT2D eigenvalue weighted by Gasteiger charge is 2.37. The second-order valence-corrected chi connectivity index (χ2v) is 10.4. The Hall–Kier alpha value is -3.71. The molecule has 37 heavy (non-hydrogen) atoms. The number of nitrogens with zero attached hydrogens (tertiary/aromatic N) is 6. The van der Waals surface area contributed by atoms with Crippen LogP contribution in [0, 0.1) is 6.92 Å². The Bertz CT molecular complexity index is 1520. The molecule has 0 aliphatic carbocycles. The van der Waals surface area contributed by atoms with Crippen LogP contribution in [0.15, 0.2) is 65.8 Å². The van der Waals surface area contributed by atoms with E-state index >= 15 is 0 Å². The van der Waals surface area contributed by atoms with Crippen LogP contribution in [0.4, 0.5) is 19.0 Å². The first-order valence-electron chi connectivity index (χ1n) is 11.5. The zero-order valence-electron chi connectivity index (χ0n) is 19.8. The predicted molar refractivity (Wildman–Crippen MR) is 129 cm³/mol. The molecule has 3 heterocycles. The average molecular weight is 533 g/mol. The Labute approximate surface area is 211 Å². The van der Waals surface area contributed by atoms with E-state index in [0.717, 1.165) is 34.8 Å². The summed E-state index contributed by atoms with van der Waals surface area (Å²) in [5, 5.41) is 4.34. The molecule has 2 aromatic heterocycles. The Kier molecular flexibility index (Phi) is 6.50. The molecule has 9 nitrogen and oxygen atoms in total. The number of piperazine rings is 1. The molecule has 1 aliphatic heterocycles. The fourth-order valence-electron chi connectivity index (χ4n) is 4.45. The summed E-state index contributed by atoms with van der Waals surface area (Å²) in [6, 6.07) is 14.6. The number of benzene rings is 2. The number of para-hydroxylation sites is 1. The van der Waals surface area contributed by atoms with Crippen molar-refractivity contribution >= 4 is 21.6 Å². The predicted octanol–water partition coefficient (Wildman–Crippen LogP) is 3.43. The van der Waals surface area contributed by atoms with Crippen molar-refractivity contribution < 1.29 is 26.3 Å². The van der Waals surface area contributed by atoms with Gasteiger partial charge in [-0.15, -0.1) is 13.2 Å². The van der Waals surface area contributed by atoms with Gasteiger partial charge in [0.2, 0.25) is 10.0 Å². The van der Waals surface area contributed by atoms with E-state index < -0.39 is 27.0 Å². The number of sulfonamides is 1. The first-order chi connectivity index (χ1) is 17.6. The number of hydrogen-bond donors (Lipinski definition) is 0. The first-order valence-corrected chi connectivity index (χ1v) is 12.9. The van der Waals surface area contributed by atoms with Gasteiger partial charge in [-0.25, -0.2) is 13.4 Å². The molecule has 13 heteroatoms. The van der Waals surface area contributed by atoms with Crippen molar-refractivity contribution in [2.45, 2.75) is 24.6 Å². The van der Waals surface area contributed by atoms with Crippen LogP contribution in [0.3, 0.4) is 0 Å². The molecule has 2 aromatic carbocycles. The third-order valence-electron chi connectivity index (χ3n) is 6.16. The minimum Gasteiger partial charge on any atom is -0.404 e. The molecule has 5 rings (SSSR count). The maximum Gasteiger partial charge on any atom is 0.573 e. The first kappa shape index (κ1) is 25.0. The number of alkyl halides is 3. The highest BCUT2D eigenvalue weighted by molar-refractivity contribution is 7.89. The Morgan fingerprint density at radius 3 is 2.35 bits per heavy atom. The van der Waals surface area contributed by atoms with Crippen LogP contribution in [0.2, 0.25) is 0 Å². The van der Waals surface area contributed by atoms with Gasteiger partial charge >= 0.3 is 6.36 Å². The SMILES string of the molecule is Cc1nc2ncnn2c(N2CCN(S(=O)(=O)c3ccccc3OC(F)(F)F)CC2)c1Cc1ccccc1. The molecule has 0 unspecified atom stereocenters. The van der Waals surface area contributed by atoms with E-state index in [1.165, 1.54) is 22.8 Å². The molecule has 0 bridgehead atoms. The fourth-order valence-corrected chi connectivity index (χ4v) is 5.99. The van der Waals surface area contributed by atoms with E-state index in [1.54, 1.807) is 4.52 Å². The maximum atomic E-state index is 13.3. The molecule has 1 saturated heterocycles. The normalized spacial score (nSPS) is 15.3. The number of halogens is 3. The van der Waals surface area contributed by atoms with Gasteiger partial charge in [-0.1, -0.05) is 42.5 Å². The lowest BCUT2D eigenvalue weighted by atomic mass is 10.0. The fraction of sp³-hybridized carbons (Fsp3) is 0.292. The van der Waals surface area contributed by atoms with Crippen LogP contribution in [-0.4, -0.2) is 64.8 Å². The lowest BCUT2D eigenvalue weighted by Crippen LogP contribution is -2.49. The summed E-state index contributed by atoms with van der Waals surface area (Å²) in [5.41, 5.74) is 2.80. The van der Waals surface area contributed by atoms with E-state index in [0.29, 0.717) is 25.3 Å². The number of rotatable bonds is 6. The molecule has 1 aliphatic rings. The van der Waals surface area contributed by atoms with Crippen molar-refractivity contribution in [3.8, 4) is 5.75 Å². The third kappa shape index (κ3) is 5.09. The van der Waals surface area contributed by atoms with Gasteiger partial charge in [-0.05, 0) is 24.6 Å². The van der Waals surface area contributed by atoms with Crippen molar-refractivity contribution in [3.05, 3.63) is 77.7 Å². The van der Waals surface area contributed by atoms with Crippen LogP contribution in [0.5, 0.6) is 5.75 Å². The van der Waals surface area contributed by atoms with Crippen molar-refractivity contribution in [2.24, 2.45) is 0 Å². The average Bonchev–Trinajstić information content (AvgIpc) is 3.32. The summed E-state index contributed by atoms with van der Waals surface area (Å²) in [7, 11) is -4.23. The summed E-state index contributed by atoms with van der Waals surface area (Å²) in [6.45, 7) is 2.61. The Morgan fingerprint density at radius 2 is 1.65 bits per heavy atom. The molecule has 194 valence electrons. The van der Waals surface area contributed by atoms with E-state index in [-0.39, 0.29) is 13.1 Å². The van der Waals surface area contributed by atoms with Gasteiger partial charge in [0.25, 0.3) is 5.78 Å². The largest absolute Gasteiger partial charge is 0.573 e. The molecule has 1 fully saturated rings. The summed E-state index contributed by atoms with van der Waals surface area (Å²) in [4.78, 5) is 10.3. The number of hydrogen-bond acceptors (Lipinski definition) is 7. The van der Waals surface area contributed by atoms with Crippen molar-refractivity contribution in [2.75, 3.05) is 31.1 Å². The Morgan fingerprint density at radius 1 is 0.973 bits per heavy atom. The molecule has 0 atom stereocenters. The monoisotopic (exact) mass is 532 g/mol. The highest BCUT2D eigenvalue weighted by atomic mass is 32.2. The lowest BCUT2D eigenvalue weighted by molar-refractivity contribution is -0.275. The Balaban J connectivity index is 1.44. The summed E-state index contributed by atoms with van der Waals surface area (Å²) in [5.74, 6) is 0.441. The number of anilines is 1. The van der Waals surface area contributed by atoms with Gasteiger partial charge in [0.05, 0.1) is 0 Å². The quantitative estimate of drug-likeness (QED) is 0.376. The van der Waals surface area contributed by atoms with E-state index in [9.17, 15) is 21.6 Å². The smallest absolute Gasteiger partial charge is 0.404 e. The lowest BCUT2D eigenvalue weighted by Gasteiger charge is -2.36. The molecule has 0 N–H and O–H groups in total. The van der Waals surface area contributed by atoms with E-state index in [4.69, 9.17) is 0 Å². The zero-order valence-corrected chi connectivity index (χ0v) is 20.6. The number of ether oxygens (including phenoxy) is 1. The molecule has 0 saturated carbocycles. The van der Waals surface area contributed by atoms with Crippen LogP contribution in [-0.2, 0) is 16.4 Å². The topological polar surface area (TPSA) is 92.9 Å². The molecular formula is C24H23F3N6O3S. The van der Waals surface area contributed by atoms with Crippen LogP contribution in [0.25, 0.3) is 5.78 Å². The number of aromatic nitrogens is 4. The molecular weight excluding hydrogens is 509 g/mol. The molecule has 4 aromatic rings. The van der Waals surface area contributed by atoms with Crippen molar-refractivity contribution in [1.82, 2.24) is 23.9 Å². The summed E-state index contributed by atoms with van der Waals surface area (Å²) < 4.78 is 72.0. The van der Waals surface area contributed by atoms with E-state index in [2.05, 4.69) is 19.8 Å². The highest BCUT2D eigenvalue weighted by Crippen LogP contribution is 2.33. The number of fused-ring (bicyclic) bond motifs is 1. The van der Waals surface area contributed by atoms with Gasteiger partial charge in [0.15, 0.2) is 0 Å². The molecule has 0 spiro atoms. The van der Waals surface area contributed by atoms with Gasteiger partial charge in [-0.3, -0.25) is 0 Å². The summed E-state index contributed by atoms with van der Waals surface area (Å²) >= 11 is 0. The minimum absolute atomic E-state index is 0.0605. The standard InChI is InChI=1S/C24H23F3N6O3S/c1-17-19(15-18-7-3-2-4-8-18)22(33-23(30-17)28-16-29-33)31-11-13-32(14-12-31)37(34,35)21-10-6-5-9-20(21)36-24(25,26)27/h2-10,16H,11-15H2,1H3. The second-order valence-electron chi connectivity index (χ2n) is 8.52. The number of aryl methyl sites for hydroxylation is 1. The summed E-state index contributed by atoms with van der Waals surface area (Å²) in [6.07, 6.45) is -3.01. The second kappa shape index (κ2) is 9.63. The molecule has 0 amide bonds. The van der Waals surface area contributed by atoms with Gasteiger partial charge in [0, 0.05) is 43.9 Å². The maximum absolute atomic E-state index is 13.3. The van der Waals surface area contributed by atoms with Crippen LogP contribution < -0.4 is 9.64 Å². The molecule has 0 radical (unpaired) electrons. The minimum atomic E-state index is -5.01. The van der Waals surface area contributed by atoms with Crippen LogP contribution >= 0.6 is 0 Å². The van der Waals surface area contributed by atoms with Crippen LogP contribution in [0.1, 0.15) is 16.8 Å².